The number of carbonyl (C=O) groups excluding carboxylic acids is 1. The first kappa shape index (κ1) is 18.6. The molecular formula is C20H22N6OS. The first-order chi connectivity index (χ1) is 13.6. The minimum Gasteiger partial charge on any atom is -0.323 e. The molecule has 1 saturated heterocycles. The van der Waals surface area contributed by atoms with Crippen LogP contribution in [-0.2, 0) is 4.79 Å². The number of pyridine rings is 1. The molecule has 1 amide bonds. The summed E-state index contributed by atoms with van der Waals surface area (Å²) in [5.74, 6) is 1.24. The minimum atomic E-state index is -0.420. The van der Waals surface area contributed by atoms with Gasteiger partial charge in [0.15, 0.2) is 6.29 Å². The smallest absolute Gasteiger partial charge is 0.226 e. The number of rotatable bonds is 5. The van der Waals surface area contributed by atoms with E-state index in [1.165, 1.54) is 0 Å². The fourth-order valence-corrected chi connectivity index (χ4v) is 4.12. The molecule has 7 nitrogen and oxygen atoms in total. The van der Waals surface area contributed by atoms with Gasteiger partial charge in [0, 0.05) is 29.8 Å². The van der Waals surface area contributed by atoms with Crippen molar-refractivity contribution < 1.29 is 4.79 Å². The van der Waals surface area contributed by atoms with E-state index in [9.17, 15) is 4.79 Å². The Morgan fingerprint density at radius 1 is 1.18 bits per heavy atom. The van der Waals surface area contributed by atoms with Gasteiger partial charge in [0.05, 0.1) is 16.2 Å². The minimum absolute atomic E-state index is 0.00318. The highest BCUT2D eigenvalue weighted by atomic mass is 32.2. The molecule has 0 aliphatic carbocycles. The van der Waals surface area contributed by atoms with Crippen LogP contribution in [0.4, 0.5) is 5.95 Å². The molecule has 0 saturated carbocycles. The molecule has 3 N–H and O–H groups in total. The van der Waals surface area contributed by atoms with Crippen molar-refractivity contribution in [1.82, 2.24) is 25.6 Å². The third-order valence-electron chi connectivity index (χ3n) is 4.60. The van der Waals surface area contributed by atoms with Gasteiger partial charge in [-0.15, -0.1) is 11.8 Å². The number of para-hydroxylation sites is 1. The molecule has 2 unspecified atom stereocenters. The van der Waals surface area contributed by atoms with Crippen molar-refractivity contribution in [3.63, 3.8) is 0 Å². The van der Waals surface area contributed by atoms with Crippen molar-refractivity contribution in [2.75, 3.05) is 11.1 Å². The predicted octanol–water partition coefficient (Wildman–Crippen LogP) is 2.61. The highest BCUT2D eigenvalue weighted by Crippen LogP contribution is 2.21. The van der Waals surface area contributed by atoms with Crippen molar-refractivity contribution in [2.45, 2.75) is 37.6 Å². The molecule has 144 valence electrons. The number of nitrogens with one attached hydrogen (secondary N) is 3. The molecule has 0 spiro atoms. The number of carbonyl (C=O) groups is 1. The molecule has 2 aromatic heterocycles. The van der Waals surface area contributed by atoms with Gasteiger partial charge in [0.1, 0.15) is 0 Å². The average Bonchev–Trinajstić information content (AvgIpc) is 2.68. The zero-order chi connectivity index (χ0) is 19.5. The quantitative estimate of drug-likeness (QED) is 0.573. The van der Waals surface area contributed by atoms with Gasteiger partial charge in [-0.3, -0.25) is 10.1 Å². The van der Waals surface area contributed by atoms with Crippen LogP contribution in [0.2, 0.25) is 0 Å². The van der Waals surface area contributed by atoms with E-state index in [1.807, 2.05) is 50.2 Å². The average molecular weight is 395 g/mol. The third kappa shape index (κ3) is 4.23. The number of fused-ring (bicyclic) bond motifs is 1. The number of aryl methyl sites for hydroxylation is 2. The maximum atomic E-state index is 12.2. The van der Waals surface area contributed by atoms with Gasteiger partial charge in [-0.25, -0.2) is 15.0 Å². The van der Waals surface area contributed by atoms with E-state index in [-0.39, 0.29) is 11.9 Å². The number of aromatic nitrogens is 3. The van der Waals surface area contributed by atoms with E-state index < -0.39 is 6.29 Å². The maximum absolute atomic E-state index is 12.2. The fourth-order valence-electron chi connectivity index (χ4n) is 3.23. The first-order valence-electron chi connectivity index (χ1n) is 9.18. The summed E-state index contributed by atoms with van der Waals surface area (Å²) in [6, 6.07) is 11.9. The van der Waals surface area contributed by atoms with E-state index in [0.29, 0.717) is 12.4 Å². The molecule has 3 aromatic rings. The molecule has 3 heterocycles. The SMILES string of the molecule is Cc1nc(NC2NC(=O)CC(CSc3ccccn3)N2)nc2c(C)cccc12. The molecule has 1 fully saturated rings. The number of benzene rings is 1. The predicted molar refractivity (Wildman–Crippen MR) is 111 cm³/mol. The van der Waals surface area contributed by atoms with Crippen LogP contribution in [0.15, 0.2) is 47.6 Å². The van der Waals surface area contributed by atoms with Gasteiger partial charge in [0.25, 0.3) is 0 Å². The molecule has 0 radical (unpaired) electrons. The van der Waals surface area contributed by atoms with Crippen molar-refractivity contribution in [3.8, 4) is 0 Å². The van der Waals surface area contributed by atoms with E-state index >= 15 is 0 Å². The number of nitrogens with zero attached hydrogens (tertiary/aromatic N) is 3. The van der Waals surface area contributed by atoms with Crippen LogP contribution >= 0.6 is 11.8 Å². The number of hydrogen-bond donors (Lipinski definition) is 3. The van der Waals surface area contributed by atoms with Crippen LogP contribution in [0.5, 0.6) is 0 Å². The molecule has 1 aromatic carbocycles. The zero-order valence-corrected chi connectivity index (χ0v) is 16.6. The third-order valence-corrected chi connectivity index (χ3v) is 5.71. The number of thioether (sulfide) groups is 1. The van der Waals surface area contributed by atoms with Gasteiger partial charge >= 0.3 is 0 Å². The molecule has 1 aliphatic heterocycles. The lowest BCUT2D eigenvalue weighted by Gasteiger charge is -2.31. The van der Waals surface area contributed by atoms with E-state index in [4.69, 9.17) is 0 Å². The lowest BCUT2D eigenvalue weighted by Crippen LogP contribution is -2.60. The van der Waals surface area contributed by atoms with Crippen LogP contribution < -0.4 is 16.0 Å². The Labute approximate surface area is 167 Å². The standard InChI is InChI=1S/C20H22N6OS/c1-12-6-5-7-15-13(2)22-19(25-18(12)15)26-20-23-14(10-16(27)24-20)11-28-17-8-3-4-9-21-17/h3-9,14,20,23H,10-11H2,1-2H3,(H,24,27)(H,22,25,26). The van der Waals surface area contributed by atoms with Crippen LogP contribution in [-0.4, -0.2) is 38.9 Å². The zero-order valence-electron chi connectivity index (χ0n) is 15.8. The summed E-state index contributed by atoms with van der Waals surface area (Å²) >= 11 is 1.63. The summed E-state index contributed by atoms with van der Waals surface area (Å²) in [5, 5.41) is 11.5. The lowest BCUT2D eigenvalue weighted by atomic mass is 10.1. The molecule has 1 aliphatic rings. The van der Waals surface area contributed by atoms with E-state index in [1.54, 1.807) is 18.0 Å². The molecule has 8 heteroatoms. The number of hydrogen-bond acceptors (Lipinski definition) is 7. The molecule has 28 heavy (non-hydrogen) atoms. The van der Waals surface area contributed by atoms with Gasteiger partial charge in [-0.05, 0) is 31.5 Å². The molecule has 0 bridgehead atoms. The second-order valence-electron chi connectivity index (χ2n) is 6.80. The van der Waals surface area contributed by atoms with Crippen molar-refractivity contribution in [2.24, 2.45) is 0 Å². The highest BCUT2D eigenvalue weighted by molar-refractivity contribution is 7.99. The maximum Gasteiger partial charge on any atom is 0.226 e. The first-order valence-corrected chi connectivity index (χ1v) is 10.2. The topological polar surface area (TPSA) is 91.8 Å². The highest BCUT2D eigenvalue weighted by Gasteiger charge is 2.26. The Hall–Kier alpha value is -2.71. The van der Waals surface area contributed by atoms with Crippen LogP contribution in [0.25, 0.3) is 10.9 Å². The van der Waals surface area contributed by atoms with Gasteiger partial charge < -0.3 is 10.6 Å². The summed E-state index contributed by atoms with van der Waals surface area (Å²) in [5.41, 5.74) is 2.92. The van der Waals surface area contributed by atoms with E-state index in [0.717, 1.165) is 32.9 Å². The largest absolute Gasteiger partial charge is 0.323 e. The van der Waals surface area contributed by atoms with Crippen LogP contribution in [0.1, 0.15) is 17.7 Å². The Kier molecular flexibility index (Phi) is 5.40. The lowest BCUT2D eigenvalue weighted by molar-refractivity contribution is -0.123. The summed E-state index contributed by atoms with van der Waals surface area (Å²) in [4.78, 5) is 25.7. The summed E-state index contributed by atoms with van der Waals surface area (Å²) < 4.78 is 0. The second kappa shape index (κ2) is 8.12. The van der Waals surface area contributed by atoms with Gasteiger partial charge in [0.2, 0.25) is 11.9 Å². The Morgan fingerprint density at radius 3 is 2.89 bits per heavy atom. The van der Waals surface area contributed by atoms with Crippen LogP contribution in [0.3, 0.4) is 0 Å². The number of amides is 1. The summed E-state index contributed by atoms with van der Waals surface area (Å²) in [7, 11) is 0. The van der Waals surface area contributed by atoms with Crippen molar-refractivity contribution in [1.29, 1.82) is 0 Å². The summed E-state index contributed by atoms with van der Waals surface area (Å²) in [6.45, 7) is 4.00. The van der Waals surface area contributed by atoms with Gasteiger partial charge in [-0.1, -0.05) is 24.3 Å². The normalized spacial score (nSPS) is 19.4. The molecule has 4 rings (SSSR count). The van der Waals surface area contributed by atoms with Crippen molar-refractivity contribution in [3.05, 3.63) is 53.9 Å². The van der Waals surface area contributed by atoms with E-state index in [2.05, 4.69) is 30.9 Å². The number of anilines is 1. The van der Waals surface area contributed by atoms with Gasteiger partial charge in [-0.2, -0.15) is 0 Å². The Morgan fingerprint density at radius 2 is 2.07 bits per heavy atom. The Bertz CT molecular complexity index is 997. The Balaban J connectivity index is 1.46. The second-order valence-corrected chi connectivity index (χ2v) is 7.84. The monoisotopic (exact) mass is 394 g/mol. The summed E-state index contributed by atoms with van der Waals surface area (Å²) in [6.07, 6.45) is 1.78. The fraction of sp³-hybridized carbons (Fsp3) is 0.300. The van der Waals surface area contributed by atoms with Crippen molar-refractivity contribution >= 4 is 34.5 Å². The molecule has 2 atom stereocenters. The molecular weight excluding hydrogens is 372 g/mol. The van der Waals surface area contributed by atoms with Crippen LogP contribution in [0, 0.1) is 13.8 Å².